The Balaban J connectivity index is 2.16. The topological polar surface area (TPSA) is 88.1 Å². The lowest BCUT2D eigenvalue weighted by Gasteiger charge is -2.18. The molecule has 0 aliphatic rings. The van der Waals surface area contributed by atoms with E-state index in [0.29, 0.717) is 34.6 Å². The number of ether oxygens (including phenoxy) is 4. The number of methoxy groups -OCH3 is 1. The molecule has 0 aliphatic carbocycles. The van der Waals surface area contributed by atoms with Crippen molar-refractivity contribution in [3.05, 3.63) is 84.5 Å². The Hall–Kier alpha value is -4.13. The Labute approximate surface area is 212 Å². The minimum Gasteiger partial charge on any atom is -0.493 e. The molecule has 0 heterocycles. The van der Waals surface area contributed by atoms with E-state index in [1.165, 1.54) is 7.11 Å². The van der Waals surface area contributed by atoms with E-state index < -0.39 is 17.9 Å². The van der Waals surface area contributed by atoms with Crippen LogP contribution in [0.15, 0.2) is 78.9 Å². The third-order valence-electron chi connectivity index (χ3n) is 5.12. The van der Waals surface area contributed by atoms with Crippen molar-refractivity contribution in [2.45, 2.75) is 27.2 Å². The van der Waals surface area contributed by atoms with Crippen LogP contribution >= 0.6 is 0 Å². The van der Waals surface area contributed by atoms with Gasteiger partial charge in [-0.05, 0) is 56.0 Å². The zero-order valence-electron chi connectivity index (χ0n) is 21.2. The Bertz CT molecular complexity index is 1130. The van der Waals surface area contributed by atoms with Gasteiger partial charge >= 0.3 is 17.9 Å². The summed E-state index contributed by atoms with van der Waals surface area (Å²) in [6.45, 7) is 15.6. The summed E-state index contributed by atoms with van der Waals surface area (Å²) < 4.78 is 21.3. The lowest BCUT2D eigenvalue weighted by Crippen LogP contribution is -2.23. The van der Waals surface area contributed by atoms with Crippen molar-refractivity contribution >= 4 is 17.9 Å². The number of hydrogen-bond donors (Lipinski definition) is 0. The van der Waals surface area contributed by atoms with E-state index in [4.69, 9.17) is 18.9 Å². The summed E-state index contributed by atoms with van der Waals surface area (Å²) in [5, 5.41) is 0. The van der Waals surface area contributed by atoms with Gasteiger partial charge in [0.2, 0.25) is 0 Å². The standard InChI is InChI=1S/C29H32O7/c1-18(2)27(30)34-16-22(17-35-28(31)19(3)4)14-21-8-10-23(11-9-21)24-12-13-25(26(15-24)33-7)36-29(32)20(5)6/h8-13,15,22H,1,3,5,14,16-17H2,2,4,6-7H3. The van der Waals surface area contributed by atoms with Crippen molar-refractivity contribution in [1.29, 1.82) is 0 Å². The first-order chi connectivity index (χ1) is 17.0. The molecule has 0 fully saturated rings. The van der Waals surface area contributed by atoms with Gasteiger partial charge in [-0.2, -0.15) is 0 Å². The molecule has 0 atom stereocenters. The summed E-state index contributed by atoms with van der Waals surface area (Å²) in [5.41, 5.74) is 3.66. The third kappa shape index (κ3) is 8.27. The maximum atomic E-state index is 11.9. The first-order valence-corrected chi connectivity index (χ1v) is 11.3. The minimum atomic E-state index is -0.525. The van der Waals surface area contributed by atoms with Crippen LogP contribution < -0.4 is 9.47 Å². The van der Waals surface area contributed by atoms with E-state index in [0.717, 1.165) is 16.7 Å². The summed E-state index contributed by atoms with van der Waals surface area (Å²) in [6, 6.07) is 13.1. The number of carbonyl (C=O) groups excluding carboxylic acids is 3. The molecule has 0 unspecified atom stereocenters. The number of benzene rings is 2. The predicted molar refractivity (Wildman–Crippen MR) is 138 cm³/mol. The summed E-state index contributed by atoms with van der Waals surface area (Å²) in [6.07, 6.45) is 0.520. The van der Waals surface area contributed by atoms with Gasteiger partial charge in [-0.25, -0.2) is 14.4 Å². The molecule has 0 saturated heterocycles. The normalized spacial score (nSPS) is 10.4. The largest absolute Gasteiger partial charge is 0.493 e. The molecule has 0 radical (unpaired) electrons. The zero-order valence-corrected chi connectivity index (χ0v) is 21.2. The first-order valence-electron chi connectivity index (χ1n) is 11.3. The van der Waals surface area contributed by atoms with Gasteiger partial charge in [0.05, 0.1) is 20.3 Å². The second kappa shape index (κ2) is 13.1. The monoisotopic (exact) mass is 492 g/mol. The highest BCUT2D eigenvalue weighted by Crippen LogP contribution is 2.33. The average Bonchev–Trinajstić information content (AvgIpc) is 2.85. The van der Waals surface area contributed by atoms with E-state index in [1.807, 2.05) is 30.3 Å². The van der Waals surface area contributed by atoms with E-state index in [9.17, 15) is 14.4 Å². The van der Waals surface area contributed by atoms with Crippen molar-refractivity contribution in [2.24, 2.45) is 5.92 Å². The first kappa shape index (κ1) is 28.1. The van der Waals surface area contributed by atoms with Crippen molar-refractivity contribution < 1.29 is 33.3 Å². The van der Waals surface area contributed by atoms with Crippen LogP contribution in [0, 0.1) is 5.92 Å². The molecule has 0 amide bonds. The Morgan fingerprint density at radius 1 is 0.722 bits per heavy atom. The van der Waals surface area contributed by atoms with E-state index in [-0.39, 0.29) is 19.1 Å². The summed E-state index contributed by atoms with van der Waals surface area (Å²) in [7, 11) is 1.50. The van der Waals surface area contributed by atoms with Crippen molar-refractivity contribution in [3.8, 4) is 22.6 Å². The summed E-state index contributed by atoms with van der Waals surface area (Å²) in [4.78, 5) is 35.5. The lowest BCUT2D eigenvalue weighted by atomic mass is 9.97. The van der Waals surface area contributed by atoms with Gasteiger partial charge in [0.1, 0.15) is 0 Å². The molecule has 0 spiro atoms. The van der Waals surface area contributed by atoms with Crippen LogP contribution in [0.2, 0.25) is 0 Å². The predicted octanol–water partition coefficient (Wildman–Crippen LogP) is 5.24. The third-order valence-corrected chi connectivity index (χ3v) is 5.12. The van der Waals surface area contributed by atoms with E-state index in [1.54, 1.807) is 32.9 Å². The van der Waals surface area contributed by atoms with E-state index in [2.05, 4.69) is 19.7 Å². The molecule has 7 nitrogen and oxygen atoms in total. The fraction of sp³-hybridized carbons (Fsp3) is 0.276. The SMILES string of the molecule is C=C(C)C(=O)OCC(COC(=O)C(=C)C)Cc1ccc(-c2ccc(OC(=O)C(=C)C)c(OC)c2)cc1. The fourth-order valence-electron chi connectivity index (χ4n) is 3.08. The van der Waals surface area contributed by atoms with Crippen molar-refractivity contribution in [3.63, 3.8) is 0 Å². The van der Waals surface area contributed by atoms with Crippen LogP contribution in [0.3, 0.4) is 0 Å². The molecule has 2 rings (SSSR count). The number of carbonyl (C=O) groups is 3. The van der Waals surface area contributed by atoms with Gasteiger partial charge in [-0.3, -0.25) is 0 Å². The average molecular weight is 493 g/mol. The van der Waals surface area contributed by atoms with Crippen molar-refractivity contribution in [1.82, 2.24) is 0 Å². The quantitative estimate of drug-likeness (QED) is 0.227. The Kier molecular flexibility index (Phi) is 10.2. The molecule has 0 N–H and O–H groups in total. The second-order valence-electron chi connectivity index (χ2n) is 8.56. The maximum absolute atomic E-state index is 11.9. The lowest BCUT2D eigenvalue weighted by molar-refractivity contribution is -0.144. The Morgan fingerprint density at radius 3 is 1.69 bits per heavy atom. The van der Waals surface area contributed by atoms with Gasteiger partial charge in [0.25, 0.3) is 0 Å². The smallest absolute Gasteiger partial charge is 0.338 e. The van der Waals surface area contributed by atoms with Crippen molar-refractivity contribution in [2.75, 3.05) is 20.3 Å². The summed E-state index contributed by atoms with van der Waals surface area (Å²) >= 11 is 0. The van der Waals surface area contributed by atoms with Gasteiger partial charge in [0.15, 0.2) is 11.5 Å². The van der Waals surface area contributed by atoms with E-state index >= 15 is 0 Å². The molecular formula is C29H32O7. The van der Waals surface area contributed by atoms with Crippen LogP contribution in [-0.2, 0) is 30.3 Å². The second-order valence-corrected chi connectivity index (χ2v) is 8.56. The molecule has 0 saturated carbocycles. The molecule has 2 aromatic rings. The van der Waals surface area contributed by atoms with Crippen LogP contribution in [0.1, 0.15) is 26.3 Å². The maximum Gasteiger partial charge on any atom is 0.338 e. The van der Waals surface area contributed by atoms with Crippen LogP contribution in [-0.4, -0.2) is 38.2 Å². The molecular weight excluding hydrogens is 460 g/mol. The number of rotatable bonds is 12. The molecule has 0 aromatic heterocycles. The molecule has 0 bridgehead atoms. The van der Waals surface area contributed by atoms with Crippen LogP contribution in [0.4, 0.5) is 0 Å². The molecule has 190 valence electrons. The highest BCUT2D eigenvalue weighted by Gasteiger charge is 2.17. The summed E-state index contributed by atoms with van der Waals surface area (Å²) in [5.74, 6) is -1.03. The highest BCUT2D eigenvalue weighted by molar-refractivity contribution is 5.89. The zero-order chi connectivity index (χ0) is 26.8. The van der Waals surface area contributed by atoms with Gasteiger partial charge in [0, 0.05) is 22.6 Å². The fourth-order valence-corrected chi connectivity index (χ4v) is 3.08. The molecule has 36 heavy (non-hydrogen) atoms. The van der Waals surface area contributed by atoms with Gasteiger partial charge < -0.3 is 18.9 Å². The van der Waals surface area contributed by atoms with Crippen LogP contribution in [0.25, 0.3) is 11.1 Å². The number of hydrogen-bond acceptors (Lipinski definition) is 7. The molecule has 2 aromatic carbocycles. The van der Waals surface area contributed by atoms with Gasteiger partial charge in [-0.15, -0.1) is 0 Å². The molecule has 0 aliphatic heterocycles. The number of esters is 3. The van der Waals surface area contributed by atoms with Gasteiger partial charge in [-0.1, -0.05) is 50.1 Å². The minimum absolute atomic E-state index is 0.0818. The van der Waals surface area contributed by atoms with Crippen LogP contribution in [0.5, 0.6) is 11.5 Å². The Morgan fingerprint density at radius 2 is 1.22 bits per heavy atom. The highest BCUT2D eigenvalue weighted by atomic mass is 16.6. The molecule has 7 heteroatoms.